The van der Waals surface area contributed by atoms with E-state index in [4.69, 9.17) is 10.5 Å². The number of ether oxygens (including phenoxy) is 1. The SMILES string of the molecule is COc1c(-c2ccc3cc(C(=O)N4[C@@H]5CC[C@H]4[C@@H](N)C5)ccc3c2)ccc(F)c1F. The van der Waals surface area contributed by atoms with Gasteiger partial charge in [0.1, 0.15) is 0 Å². The van der Waals surface area contributed by atoms with Crippen LogP contribution in [0.1, 0.15) is 29.6 Å². The third-order valence-corrected chi connectivity index (χ3v) is 6.47. The predicted octanol–water partition coefficient (Wildman–Crippen LogP) is 4.50. The Bertz CT molecular complexity index is 1160. The molecule has 2 N–H and O–H groups in total. The topological polar surface area (TPSA) is 55.6 Å². The predicted molar refractivity (Wildman–Crippen MR) is 111 cm³/mol. The Kier molecular flexibility index (Phi) is 4.47. The highest BCUT2D eigenvalue weighted by Gasteiger charge is 2.47. The minimum absolute atomic E-state index is 0.0312. The van der Waals surface area contributed by atoms with Crippen LogP contribution in [-0.2, 0) is 0 Å². The molecule has 3 atom stereocenters. The first kappa shape index (κ1) is 19.0. The number of amides is 1. The van der Waals surface area contributed by atoms with Crippen LogP contribution in [0.25, 0.3) is 21.9 Å². The largest absolute Gasteiger partial charge is 0.493 e. The van der Waals surface area contributed by atoms with Gasteiger partial charge in [0.15, 0.2) is 11.6 Å². The summed E-state index contributed by atoms with van der Waals surface area (Å²) in [7, 11) is 1.32. The lowest BCUT2D eigenvalue weighted by molar-refractivity contribution is 0.0726. The third-order valence-electron chi connectivity index (χ3n) is 6.47. The van der Waals surface area contributed by atoms with E-state index in [0.717, 1.165) is 36.1 Å². The van der Waals surface area contributed by atoms with Gasteiger partial charge in [-0.05, 0) is 65.9 Å². The maximum atomic E-state index is 14.1. The van der Waals surface area contributed by atoms with Gasteiger partial charge in [-0.2, -0.15) is 4.39 Å². The number of hydrogen-bond acceptors (Lipinski definition) is 3. The van der Waals surface area contributed by atoms with Crippen molar-refractivity contribution in [3.8, 4) is 16.9 Å². The van der Waals surface area contributed by atoms with Gasteiger partial charge in [0, 0.05) is 29.3 Å². The molecule has 0 saturated carbocycles. The van der Waals surface area contributed by atoms with Crippen LogP contribution in [0, 0.1) is 11.6 Å². The first-order valence-electron chi connectivity index (χ1n) is 10.1. The molecule has 5 rings (SSSR count). The Labute approximate surface area is 173 Å². The second kappa shape index (κ2) is 7.06. The molecule has 2 aliphatic heterocycles. The zero-order valence-corrected chi connectivity index (χ0v) is 16.6. The molecule has 0 spiro atoms. The quantitative estimate of drug-likeness (QED) is 0.694. The molecule has 154 valence electrons. The maximum absolute atomic E-state index is 14.1. The molecule has 0 unspecified atom stereocenters. The van der Waals surface area contributed by atoms with Crippen molar-refractivity contribution in [2.75, 3.05) is 7.11 Å². The molecule has 2 saturated heterocycles. The van der Waals surface area contributed by atoms with Gasteiger partial charge in [-0.15, -0.1) is 0 Å². The summed E-state index contributed by atoms with van der Waals surface area (Å²) in [6, 6.07) is 14.2. The van der Waals surface area contributed by atoms with Crippen LogP contribution in [-0.4, -0.2) is 36.0 Å². The van der Waals surface area contributed by atoms with Crippen LogP contribution in [0.4, 0.5) is 8.78 Å². The summed E-state index contributed by atoms with van der Waals surface area (Å²) < 4.78 is 32.7. The molecule has 2 aliphatic rings. The number of nitrogens with zero attached hydrogens (tertiary/aromatic N) is 1. The van der Waals surface area contributed by atoms with Crippen LogP contribution in [0.2, 0.25) is 0 Å². The van der Waals surface area contributed by atoms with Crippen molar-refractivity contribution in [1.29, 1.82) is 0 Å². The fourth-order valence-corrected chi connectivity index (χ4v) is 5.01. The Morgan fingerprint density at radius 2 is 1.83 bits per heavy atom. The van der Waals surface area contributed by atoms with Gasteiger partial charge < -0.3 is 15.4 Å². The Morgan fingerprint density at radius 1 is 1.07 bits per heavy atom. The Morgan fingerprint density at radius 3 is 2.53 bits per heavy atom. The Hall–Kier alpha value is -2.99. The van der Waals surface area contributed by atoms with E-state index in [1.807, 2.05) is 41.3 Å². The number of halogens is 2. The standard InChI is InChI=1S/C24H22F2N2O2/c1-30-23-18(7-8-19(25)22(23)26)15-4-2-14-11-16(5-3-13(14)10-15)24(29)28-17-6-9-21(28)20(27)12-17/h2-5,7-8,10-11,17,20-21H,6,9,12,27H2,1H3/t17-,20+,21+/m1/s1. The molecule has 0 radical (unpaired) electrons. The van der Waals surface area contributed by atoms with Crippen LogP contribution in [0.3, 0.4) is 0 Å². The van der Waals surface area contributed by atoms with Crippen molar-refractivity contribution in [2.45, 2.75) is 37.4 Å². The maximum Gasteiger partial charge on any atom is 0.254 e. The Balaban J connectivity index is 1.50. The first-order valence-corrected chi connectivity index (χ1v) is 10.1. The van der Waals surface area contributed by atoms with E-state index in [1.165, 1.54) is 13.2 Å². The fraction of sp³-hybridized carbons (Fsp3) is 0.292. The molecule has 3 aromatic carbocycles. The number of rotatable bonds is 3. The first-order chi connectivity index (χ1) is 14.5. The highest BCUT2D eigenvalue weighted by molar-refractivity contribution is 6.00. The molecule has 0 aromatic heterocycles. The number of fused-ring (bicyclic) bond motifs is 3. The molecule has 6 heteroatoms. The van der Waals surface area contributed by atoms with E-state index in [1.54, 1.807) is 0 Å². The summed E-state index contributed by atoms with van der Waals surface area (Å²) in [5.41, 5.74) is 8.01. The molecule has 2 heterocycles. The van der Waals surface area contributed by atoms with Crippen molar-refractivity contribution in [3.63, 3.8) is 0 Å². The molecular weight excluding hydrogens is 386 g/mol. The molecule has 4 nitrogen and oxygen atoms in total. The summed E-state index contributed by atoms with van der Waals surface area (Å²) in [6.45, 7) is 0. The normalized spacial score (nSPS) is 22.7. The zero-order valence-electron chi connectivity index (χ0n) is 16.6. The van der Waals surface area contributed by atoms with E-state index in [-0.39, 0.29) is 29.8 Å². The number of methoxy groups -OCH3 is 1. The lowest BCUT2D eigenvalue weighted by Gasteiger charge is -2.23. The summed E-state index contributed by atoms with van der Waals surface area (Å²) in [5, 5.41) is 1.80. The smallest absolute Gasteiger partial charge is 0.254 e. The van der Waals surface area contributed by atoms with Crippen molar-refractivity contribution >= 4 is 16.7 Å². The highest BCUT2D eigenvalue weighted by Crippen LogP contribution is 2.39. The van der Waals surface area contributed by atoms with Gasteiger partial charge in [-0.1, -0.05) is 18.2 Å². The van der Waals surface area contributed by atoms with Crippen LogP contribution in [0.15, 0.2) is 48.5 Å². The molecule has 2 bridgehead atoms. The lowest BCUT2D eigenvalue weighted by atomic mass is 9.96. The second-order valence-corrected chi connectivity index (χ2v) is 8.13. The van der Waals surface area contributed by atoms with Gasteiger partial charge in [0.2, 0.25) is 5.82 Å². The average Bonchev–Trinajstić information content (AvgIpc) is 3.31. The summed E-state index contributed by atoms with van der Waals surface area (Å²) >= 11 is 0. The van der Waals surface area contributed by atoms with Crippen molar-refractivity contribution in [2.24, 2.45) is 5.73 Å². The van der Waals surface area contributed by atoms with Crippen molar-refractivity contribution in [1.82, 2.24) is 4.90 Å². The van der Waals surface area contributed by atoms with Gasteiger partial charge in [-0.25, -0.2) is 4.39 Å². The summed E-state index contributed by atoms with van der Waals surface area (Å²) in [6.07, 6.45) is 2.88. The second-order valence-electron chi connectivity index (χ2n) is 8.13. The number of carbonyl (C=O) groups is 1. The van der Waals surface area contributed by atoms with Crippen LogP contribution < -0.4 is 10.5 Å². The van der Waals surface area contributed by atoms with Gasteiger partial charge in [-0.3, -0.25) is 4.79 Å². The van der Waals surface area contributed by atoms with E-state index in [9.17, 15) is 13.6 Å². The minimum atomic E-state index is -1.01. The number of hydrogen-bond donors (Lipinski definition) is 1. The van der Waals surface area contributed by atoms with Crippen LogP contribution in [0.5, 0.6) is 5.75 Å². The van der Waals surface area contributed by atoms with E-state index < -0.39 is 11.6 Å². The van der Waals surface area contributed by atoms with Gasteiger partial charge >= 0.3 is 0 Å². The molecular formula is C24H22F2N2O2. The zero-order chi connectivity index (χ0) is 21.0. The van der Waals surface area contributed by atoms with E-state index >= 15 is 0 Å². The minimum Gasteiger partial charge on any atom is -0.493 e. The van der Waals surface area contributed by atoms with Crippen molar-refractivity contribution in [3.05, 3.63) is 65.7 Å². The van der Waals surface area contributed by atoms with Crippen molar-refractivity contribution < 1.29 is 18.3 Å². The fourth-order valence-electron chi connectivity index (χ4n) is 5.01. The number of nitrogens with two attached hydrogens (primary N) is 1. The van der Waals surface area contributed by atoms with E-state index in [0.29, 0.717) is 16.7 Å². The number of carbonyl (C=O) groups excluding carboxylic acids is 1. The van der Waals surface area contributed by atoms with Crippen LogP contribution >= 0.6 is 0 Å². The van der Waals surface area contributed by atoms with Gasteiger partial charge in [0.05, 0.1) is 7.11 Å². The molecule has 1 amide bonds. The summed E-state index contributed by atoms with van der Waals surface area (Å²) in [4.78, 5) is 15.1. The third kappa shape index (κ3) is 2.86. The summed E-state index contributed by atoms with van der Waals surface area (Å²) in [5.74, 6) is -2.05. The number of benzene rings is 3. The monoisotopic (exact) mass is 408 g/mol. The average molecular weight is 408 g/mol. The molecule has 0 aliphatic carbocycles. The van der Waals surface area contributed by atoms with E-state index in [2.05, 4.69) is 0 Å². The molecule has 3 aromatic rings. The lowest BCUT2D eigenvalue weighted by Crippen LogP contribution is -2.40. The molecule has 30 heavy (non-hydrogen) atoms. The molecule has 2 fully saturated rings. The van der Waals surface area contributed by atoms with Gasteiger partial charge in [0.25, 0.3) is 5.91 Å². The highest BCUT2D eigenvalue weighted by atomic mass is 19.2.